The van der Waals surface area contributed by atoms with Crippen molar-refractivity contribution in [3.8, 4) is 6.07 Å². The standard InChI is InChI=1S/C13H12BrFN2O2/c14-9-1-2-10(15)11(7-9)17-12(18)13(8-16)3-5-19-6-4-13/h1-2,7H,3-6H2,(H,17,18). The maximum Gasteiger partial charge on any atom is 0.245 e. The second-order valence-electron chi connectivity index (χ2n) is 4.38. The fourth-order valence-electron chi connectivity index (χ4n) is 1.94. The van der Waals surface area contributed by atoms with Crippen LogP contribution in [0.2, 0.25) is 0 Å². The predicted molar refractivity (Wildman–Crippen MR) is 70.8 cm³/mol. The van der Waals surface area contributed by atoms with Gasteiger partial charge in [-0.15, -0.1) is 0 Å². The van der Waals surface area contributed by atoms with Gasteiger partial charge in [-0.1, -0.05) is 15.9 Å². The van der Waals surface area contributed by atoms with Crippen LogP contribution >= 0.6 is 15.9 Å². The molecule has 1 N–H and O–H groups in total. The average Bonchev–Trinajstić information content (AvgIpc) is 2.43. The number of hydrogen-bond donors (Lipinski definition) is 1. The van der Waals surface area contributed by atoms with E-state index in [0.717, 1.165) is 0 Å². The molecule has 1 aliphatic heterocycles. The molecule has 0 radical (unpaired) electrons. The van der Waals surface area contributed by atoms with Crippen molar-refractivity contribution in [2.45, 2.75) is 12.8 Å². The molecule has 2 rings (SSSR count). The highest BCUT2D eigenvalue weighted by Crippen LogP contribution is 2.32. The van der Waals surface area contributed by atoms with Crippen molar-refractivity contribution in [3.05, 3.63) is 28.5 Å². The summed E-state index contributed by atoms with van der Waals surface area (Å²) >= 11 is 3.21. The van der Waals surface area contributed by atoms with Crippen molar-refractivity contribution in [3.63, 3.8) is 0 Å². The van der Waals surface area contributed by atoms with E-state index in [1.807, 2.05) is 6.07 Å². The zero-order valence-corrected chi connectivity index (χ0v) is 11.7. The number of halogens is 2. The zero-order chi connectivity index (χ0) is 13.9. The number of carbonyl (C=O) groups is 1. The third kappa shape index (κ3) is 2.94. The summed E-state index contributed by atoms with van der Waals surface area (Å²) in [6, 6.07) is 6.31. The minimum absolute atomic E-state index is 0.0699. The van der Waals surface area contributed by atoms with Gasteiger partial charge in [0.25, 0.3) is 0 Å². The van der Waals surface area contributed by atoms with E-state index in [1.165, 1.54) is 12.1 Å². The molecule has 19 heavy (non-hydrogen) atoms. The van der Waals surface area contributed by atoms with Gasteiger partial charge in [-0.2, -0.15) is 5.26 Å². The number of nitrogens with one attached hydrogen (secondary N) is 1. The quantitative estimate of drug-likeness (QED) is 0.908. The molecule has 0 spiro atoms. The lowest BCUT2D eigenvalue weighted by molar-refractivity contribution is -0.126. The Morgan fingerprint density at radius 3 is 2.79 bits per heavy atom. The van der Waals surface area contributed by atoms with Gasteiger partial charge >= 0.3 is 0 Å². The van der Waals surface area contributed by atoms with Crippen molar-refractivity contribution in [1.82, 2.24) is 0 Å². The molecular formula is C13H12BrFN2O2. The van der Waals surface area contributed by atoms with Crippen LogP contribution in [0.4, 0.5) is 10.1 Å². The van der Waals surface area contributed by atoms with Gasteiger partial charge in [0.15, 0.2) is 0 Å². The lowest BCUT2D eigenvalue weighted by atomic mass is 9.81. The molecule has 0 saturated carbocycles. The Balaban J connectivity index is 2.20. The molecule has 1 saturated heterocycles. The summed E-state index contributed by atoms with van der Waals surface area (Å²) in [6.07, 6.45) is 0.649. The van der Waals surface area contributed by atoms with E-state index in [0.29, 0.717) is 30.5 Å². The number of anilines is 1. The SMILES string of the molecule is N#CC1(C(=O)Nc2cc(Br)ccc2F)CCOCC1. The molecule has 1 aliphatic rings. The number of hydrogen-bond acceptors (Lipinski definition) is 3. The molecule has 0 atom stereocenters. The van der Waals surface area contributed by atoms with Gasteiger partial charge in [-0.05, 0) is 31.0 Å². The zero-order valence-electron chi connectivity index (χ0n) is 10.1. The fraction of sp³-hybridized carbons (Fsp3) is 0.385. The normalized spacial score (nSPS) is 17.5. The largest absolute Gasteiger partial charge is 0.381 e. The molecule has 0 aromatic heterocycles. The van der Waals surface area contributed by atoms with E-state index >= 15 is 0 Å². The highest BCUT2D eigenvalue weighted by atomic mass is 79.9. The Labute approximate surface area is 118 Å². The molecule has 0 aliphatic carbocycles. The molecule has 6 heteroatoms. The van der Waals surface area contributed by atoms with Crippen LogP contribution in [0.5, 0.6) is 0 Å². The van der Waals surface area contributed by atoms with Crippen LogP contribution in [0.15, 0.2) is 22.7 Å². The first-order chi connectivity index (χ1) is 9.07. The number of amides is 1. The van der Waals surface area contributed by atoms with Crippen molar-refractivity contribution >= 4 is 27.5 Å². The third-order valence-corrected chi connectivity index (χ3v) is 3.66. The Morgan fingerprint density at radius 1 is 1.47 bits per heavy atom. The molecule has 0 unspecified atom stereocenters. The summed E-state index contributed by atoms with van der Waals surface area (Å²) in [5.41, 5.74) is -1.06. The minimum Gasteiger partial charge on any atom is -0.381 e. The van der Waals surface area contributed by atoms with E-state index in [2.05, 4.69) is 21.2 Å². The van der Waals surface area contributed by atoms with Crippen molar-refractivity contribution < 1.29 is 13.9 Å². The maximum atomic E-state index is 13.6. The second-order valence-corrected chi connectivity index (χ2v) is 5.30. The molecule has 100 valence electrons. The molecule has 1 amide bonds. The molecule has 1 aromatic rings. The lowest BCUT2D eigenvalue weighted by Gasteiger charge is -2.29. The summed E-state index contributed by atoms with van der Waals surface area (Å²) in [6.45, 7) is 0.726. The number of nitriles is 1. The van der Waals surface area contributed by atoms with Crippen LogP contribution in [-0.4, -0.2) is 19.1 Å². The average molecular weight is 327 g/mol. The Morgan fingerprint density at radius 2 is 2.16 bits per heavy atom. The monoisotopic (exact) mass is 326 g/mol. The lowest BCUT2D eigenvalue weighted by Crippen LogP contribution is -2.40. The first-order valence-electron chi connectivity index (χ1n) is 5.83. The predicted octanol–water partition coefficient (Wildman–Crippen LogP) is 2.85. The van der Waals surface area contributed by atoms with Gasteiger partial charge in [-0.3, -0.25) is 4.79 Å². The van der Waals surface area contributed by atoms with Gasteiger partial charge in [-0.25, -0.2) is 4.39 Å². The summed E-state index contributed by atoms with van der Waals surface area (Å²) in [7, 11) is 0. The first-order valence-corrected chi connectivity index (χ1v) is 6.62. The van der Waals surface area contributed by atoms with E-state index in [1.54, 1.807) is 6.07 Å². The van der Waals surface area contributed by atoms with E-state index in [-0.39, 0.29) is 5.69 Å². The minimum atomic E-state index is -1.13. The molecular weight excluding hydrogens is 315 g/mol. The summed E-state index contributed by atoms with van der Waals surface area (Å²) in [5, 5.41) is 11.7. The second kappa shape index (κ2) is 5.68. The Bertz CT molecular complexity index is 536. The van der Waals surface area contributed by atoms with Crippen LogP contribution in [0.1, 0.15) is 12.8 Å². The van der Waals surface area contributed by atoms with Crippen LogP contribution in [0, 0.1) is 22.6 Å². The summed E-state index contributed by atoms with van der Waals surface area (Å²) in [5.74, 6) is -1.01. The number of carbonyl (C=O) groups excluding carboxylic acids is 1. The van der Waals surface area contributed by atoms with Crippen LogP contribution in [-0.2, 0) is 9.53 Å². The van der Waals surface area contributed by atoms with Crippen molar-refractivity contribution in [2.75, 3.05) is 18.5 Å². The number of ether oxygens (including phenoxy) is 1. The maximum absolute atomic E-state index is 13.6. The van der Waals surface area contributed by atoms with Gasteiger partial charge in [0, 0.05) is 17.7 Å². The van der Waals surface area contributed by atoms with Crippen molar-refractivity contribution in [1.29, 1.82) is 5.26 Å². The first kappa shape index (κ1) is 14.0. The summed E-state index contributed by atoms with van der Waals surface area (Å²) in [4.78, 5) is 12.2. The molecule has 1 aromatic carbocycles. The van der Waals surface area contributed by atoms with Gasteiger partial charge < -0.3 is 10.1 Å². The van der Waals surface area contributed by atoms with Gasteiger partial charge in [0.1, 0.15) is 11.2 Å². The topological polar surface area (TPSA) is 62.1 Å². The molecule has 1 fully saturated rings. The fourth-order valence-corrected chi connectivity index (χ4v) is 2.31. The van der Waals surface area contributed by atoms with Gasteiger partial charge in [0.05, 0.1) is 11.8 Å². The highest BCUT2D eigenvalue weighted by Gasteiger charge is 2.40. The number of benzene rings is 1. The Kier molecular flexibility index (Phi) is 4.17. The van der Waals surface area contributed by atoms with Crippen LogP contribution in [0.3, 0.4) is 0 Å². The highest BCUT2D eigenvalue weighted by molar-refractivity contribution is 9.10. The van der Waals surface area contributed by atoms with Crippen molar-refractivity contribution in [2.24, 2.45) is 5.41 Å². The smallest absolute Gasteiger partial charge is 0.245 e. The van der Waals surface area contributed by atoms with Gasteiger partial charge in [0.2, 0.25) is 5.91 Å². The van der Waals surface area contributed by atoms with E-state index < -0.39 is 17.1 Å². The third-order valence-electron chi connectivity index (χ3n) is 3.17. The number of nitrogens with zero attached hydrogens (tertiary/aromatic N) is 1. The van der Waals surface area contributed by atoms with Crippen LogP contribution < -0.4 is 5.32 Å². The molecule has 1 heterocycles. The van der Waals surface area contributed by atoms with Crippen LogP contribution in [0.25, 0.3) is 0 Å². The Hall–Kier alpha value is -1.45. The molecule has 0 bridgehead atoms. The number of rotatable bonds is 2. The van der Waals surface area contributed by atoms with E-state index in [9.17, 15) is 14.4 Å². The van der Waals surface area contributed by atoms with E-state index in [4.69, 9.17) is 4.74 Å². The summed E-state index contributed by atoms with van der Waals surface area (Å²) < 4.78 is 19.4. The molecule has 4 nitrogen and oxygen atoms in total.